The Balaban J connectivity index is 1.83. The molecule has 0 bridgehead atoms. The lowest BCUT2D eigenvalue weighted by Crippen LogP contribution is -2.12. The smallest absolute Gasteiger partial charge is 0.165 e. The summed E-state index contributed by atoms with van der Waals surface area (Å²) in [4.78, 5) is 0. The van der Waals surface area contributed by atoms with Crippen LogP contribution in [0.4, 0.5) is 4.39 Å². The molecule has 1 aromatic heterocycles. The van der Waals surface area contributed by atoms with Gasteiger partial charge in [0, 0.05) is 12.7 Å². The van der Waals surface area contributed by atoms with Crippen LogP contribution in [0.25, 0.3) is 0 Å². The fourth-order valence-corrected chi connectivity index (χ4v) is 1.75. The lowest BCUT2D eigenvalue weighted by Gasteiger charge is -2.07. The lowest BCUT2D eigenvalue weighted by molar-refractivity contribution is 0.276. The summed E-state index contributed by atoms with van der Waals surface area (Å²) in [5, 5.41) is 11.2. The highest BCUT2D eigenvalue weighted by atomic mass is 19.1. The van der Waals surface area contributed by atoms with Crippen molar-refractivity contribution in [1.29, 1.82) is 0 Å². The maximum absolute atomic E-state index is 13.5. The number of hydrogen-bond donors (Lipinski definition) is 1. The molecule has 0 saturated heterocycles. The lowest BCUT2D eigenvalue weighted by atomic mass is 10.2. The van der Waals surface area contributed by atoms with Crippen molar-refractivity contribution in [3.63, 3.8) is 0 Å². The van der Waals surface area contributed by atoms with Crippen LogP contribution in [0.2, 0.25) is 0 Å². The summed E-state index contributed by atoms with van der Waals surface area (Å²) in [5.41, 5.74) is 1.85. The maximum Gasteiger partial charge on any atom is 0.165 e. The Bertz CT molecular complexity index is 556. The van der Waals surface area contributed by atoms with Crippen molar-refractivity contribution in [3.8, 4) is 5.75 Å². The first-order valence-corrected chi connectivity index (χ1v) is 6.67. The van der Waals surface area contributed by atoms with Gasteiger partial charge in [0.25, 0.3) is 0 Å². The van der Waals surface area contributed by atoms with Gasteiger partial charge in [0.2, 0.25) is 0 Å². The van der Waals surface area contributed by atoms with Crippen LogP contribution in [0.15, 0.2) is 24.4 Å². The molecule has 0 aliphatic carbocycles. The minimum Gasteiger partial charge on any atom is -0.489 e. The van der Waals surface area contributed by atoms with Crippen LogP contribution in [-0.2, 0) is 13.1 Å². The summed E-state index contributed by atoms with van der Waals surface area (Å²) in [7, 11) is 0. The third-order valence-electron chi connectivity index (χ3n) is 2.81. The van der Waals surface area contributed by atoms with Crippen molar-refractivity contribution >= 4 is 0 Å². The number of aromatic nitrogens is 3. The molecular weight excluding hydrogens is 259 g/mol. The summed E-state index contributed by atoms with van der Waals surface area (Å²) in [6.07, 6.45) is 1.86. The normalized spacial score (nSPS) is 10.8. The molecule has 20 heavy (non-hydrogen) atoms. The molecule has 5 nitrogen and oxygen atoms in total. The Hall–Kier alpha value is -1.95. The Labute approximate surface area is 117 Å². The van der Waals surface area contributed by atoms with E-state index in [-0.39, 0.29) is 11.6 Å². The fraction of sp³-hybridized carbons (Fsp3) is 0.429. The second-order valence-corrected chi connectivity index (χ2v) is 4.54. The Morgan fingerprint density at radius 3 is 3.05 bits per heavy atom. The zero-order valence-electron chi connectivity index (χ0n) is 11.8. The van der Waals surface area contributed by atoms with E-state index in [9.17, 15) is 4.39 Å². The van der Waals surface area contributed by atoms with Crippen LogP contribution in [0.5, 0.6) is 5.75 Å². The number of nitrogens with zero attached hydrogens (tertiary/aromatic N) is 3. The first-order chi connectivity index (χ1) is 9.69. The van der Waals surface area contributed by atoms with Gasteiger partial charge in [0.1, 0.15) is 6.61 Å². The highest BCUT2D eigenvalue weighted by molar-refractivity contribution is 5.29. The van der Waals surface area contributed by atoms with Crippen molar-refractivity contribution < 1.29 is 9.13 Å². The van der Waals surface area contributed by atoms with Crippen molar-refractivity contribution in [1.82, 2.24) is 20.3 Å². The molecule has 2 aromatic rings. The summed E-state index contributed by atoms with van der Waals surface area (Å²) >= 11 is 0. The number of aryl methyl sites for hydroxylation is 1. The molecule has 0 amide bonds. The number of benzene rings is 1. The minimum absolute atomic E-state index is 0.276. The monoisotopic (exact) mass is 278 g/mol. The van der Waals surface area contributed by atoms with Crippen LogP contribution in [0, 0.1) is 12.7 Å². The SMILES string of the molecule is CCNCc1cn(CCOc2cc(C)ccc2F)nn1. The standard InChI is InChI=1S/C14H19FN4O/c1-3-16-9-12-10-19(18-17-12)6-7-20-14-8-11(2)4-5-13(14)15/h4-5,8,10,16H,3,6-7,9H2,1-2H3. The topological polar surface area (TPSA) is 52.0 Å². The number of rotatable bonds is 7. The predicted molar refractivity (Wildman–Crippen MR) is 74.0 cm³/mol. The van der Waals surface area contributed by atoms with E-state index < -0.39 is 0 Å². The van der Waals surface area contributed by atoms with Crippen molar-refractivity contribution in [2.24, 2.45) is 0 Å². The van der Waals surface area contributed by atoms with E-state index in [0.29, 0.717) is 19.7 Å². The molecule has 0 spiro atoms. The summed E-state index contributed by atoms with van der Waals surface area (Å²) in [5.74, 6) is -0.0694. The molecule has 0 radical (unpaired) electrons. The summed E-state index contributed by atoms with van der Waals surface area (Å²) in [6.45, 7) is 6.41. The fourth-order valence-electron chi connectivity index (χ4n) is 1.75. The molecule has 6 heteroatoms. The van der Waals surface area contributed by atoms with Gasteiger partial charge in [-0.25, -0.2) is 9.07 Å². The zero-order valence-corrected chi connectivity index (χ0v) is 11.8. The van der Waals surface area contributed by atoms with Gasteiger partial charge in [0.05, 0.1) is 12.2 Å². The number of hydrogen-bond acceptors (Lipinski definition) is 4. The average Bonchev–Trinajstić information content (AvgIpc) is 2.88. The van der Waals surface area contributed by atoms with Gasteiger partial charge in [0.15, 0.2) is 11.6 Å². The maximum atomic E-state index is 13.5. The largest absolute Gasteiger partial charge is 0.489 e. The zero-order chi connectivity index (χ0) is 14.4. The number of nitrogens with one attached hydrogen (secondary N) is 1. The van der Waals surface area contributed by atoms with E-state index in [1.54, 1.807) is 16.8 Å². The van der Waals surface area contributed by atoms with Crippen LogP contribution in [0.3, 0.4) is 0 Å². The van der Waals surface area contributed by atoms with Gasteiger partial charge in [-0.2, -0.15) is 0 Å². The quantitative estimate of drug-likeness (QED) is 0.840. The van der Waals surface area contributed by atoms with E-state index in [0.717, 1.165) is 17.8 Å². The second kappa shape index (κ2) is 7.00. The van der Waals surface area contributed by atoms with Gasteiger partial charge in [-0.15, -0.1) is 5.10 Å². The molecule has 1 aromatic carbocycles. The number of ether oxygens (including phenoxy) is 1. The molecule has 0 fully saturated rings. The van der Waals surface area contributed by atoms with Crippen LogP contribution >= 0.6 is 0 Å². The van der Waals surface area contributed by atoms with E-state index in [1.165, 1.54) is 6.07 Å². The van der Waals surface area contributed by atoms with Crippen LogP contribution in [0.1, 0.15) is 18.2 Å². The molecule has 2 rings (SSSR count). The van der Waals surface area contributed by atoms with Gasteiger partial charge in [-0.05, 0) is 31.2 Å². The molecule has 0 aliphatic heterocycles. The highest BCUT2D eigenvalue weighted by Gasteiger charge is 2.04. The molecular formula is C14H19FN4O. The first-order valence-electron chi connectivity index (χ1n) is 6.67. The van der Waals surface area contributed by atoms with E-state index in [1.807, 2.05) is 20.0 Å². The van der Waals surface area contributed by atoms with Gasteiger partial charge in [-0.3, -0.25) is 0 Å². The number of halogens is 1. The van der Waals surface area contributed by atoms with Crippen molar-refractivity contribution in [2.45, 2.75) is 26.9 Å². The van der Waals surface area contributed by atoms with Gasteiger partial charge in [-0.1, -0.05) is 18.2 Å². The Morgan fingerprint density at radius 2 is 2.25 bits per heavy atom. The van der Waals surface area contributed by atoms with E-state index in [2.05, 4.69) is 15.6 Å². The summed E-state index contributed by atoms with van der Waals surface area (Å²) in [6, 6.07) is 4.81. The van der Waals surface area contributed by atoms with Gasteiger partial charge < -0.3 is 10.1 Å². The Kier molecular flexibility index (Phi) is 5.06. The molecule has 0 aliphatic rings. The van der Waals surface area contributed by atoms with Gasteiger partial charge >= 0.3 is 0 Å². The summed E-state index contributed by atoms with van der Waals surface area (Å²) < 4.78 is 20.6. The second-order valence-electron chi connectivity index (χ2n) is 4.54. The third kappa shape index (κ3) is 4.03. The first kappa shape index (κ1) is 14.5. The Morgan fingerprint density at radius 1 is 1.40 bits per heavy atom. The molecule has 1 N–H and O–H groups in total. The average molecular weight is 278 g/mol. The minimum atomic E-state index is -0.345. The highest BCUT2D eigenvalue weighted by Crippen LogP contribution is 2.18. The molecule has 108 valence electrons. The van der Waals surface area contributed by atoms with Crippen LogP contribution in [-0.4, -0.2) is 28.1 Å². The van der Waals surface area contributed by atoms with E-state index in [4.69, 9.17) is 4.74 Å². The van der Waals surface area contributed by atoms with Crippen molar-refractivity contribution in [3.05, 3.63) is 41.5 Å². The van der Waals surface area contributed by atoms with Crippen molar-refractivity contribution in [2.75, 3.05) is 13.2 Å². The van der Waals surface area contributed by atoms with E-state index >= 15 is 0 Å². The predicted octanol–water partition coefficient (Wildman–Crippen LogP) is 1.91. The molecule has 0 atom stereocenters. The molecule has 1 heterocycles. The molecule has 0 unspecified atom stereocenters. The third-order valence-corrected chi connectivity index (χ3v) is 2.81. The van der Waals surface area contributed by atoms with Crippen LogP contribution < -0.4 is 10.1 Å². The molecule has 0 saturated carbocycles.